The standard InChI is InChI=1S/C24H22N6O2/c1-14-6-3-4-9-19(14)30-17(10-16-8-5-7-15(2)20(16)24(30)32)11-29-23-21(18(12-31)28-29)22(25)26-13-27-23/h3-10,13,31H,11-12H2,1-2H3,(H2,25,26,27). The Kier molecular flexibility index (Phi) is 4.71. The first-order chi connectivity index (χ1) is 15.5. The van der Waals surface area contributed by atoms with Crippen molar-refractivity contribution in [2.75, 3.05) is 5.73 Å². The van der Waals surface area contributed by atoms with Gasteiger partial charge in [-0.15, -0.1) is 0 Å². The summed E-state index contributed by atoms with van der Waals surface area (Å²) in [7, 11) is 0. The first kappa shape index (κ1) is 19.9. The van der Waals surface area contributed by atoms with Gasteiger partial charge in [0.05, 0.1) is 29.6 Å². The quantitative estimate of drug-likeness (QED) is 0.457. The fourth-order valence-corrected chi connectivity index (χ4v) is 4.26. The number of aliphatic hydroxyl groups is 1. The number of nitrogens with two attached hydrogens (primary N) is 1. The predicted octanol–water partition coefficient (Wildman–Crippen LogP) is 2.87. The summed E-state index contributed by atoms with van der Waals surface area (Å²) < 4.78 is 3.39. The first-order valence-electron chi connectivity index (χ1n) is 10.3. The zero-order valence-corrected chi connectivity index (χ0v) is 17.8. The van der Waals surface area contributed by atoms with Crippen LogP contribution < -0.4 is 11.3 Å². The van der Waals surface area contributed by atoms with Gasteiger partial charge in [-0.05, 0) is 42.5 Å². The summed E-state index contributed by atoms with van der Waals surface area (Å²) in [6.45, 7) is 3.90. The van der Waals surface area contributed by atoms with Crippen LogP contribution >= 0.6 is 0 Å². The van der Waals surface area contributed by atoms with E-state index in [4.69, 9.17) is 5.73 Å². The Bertz CT molecular complexity index is 1550. The summed E-state index contributed by atoms with van der Waals surface area (Å²) in [5.74, 6) is 0.260. The van der Waals surface area contributed by atoms with E-state index < -0.39 is 0 Å². The van der Waals surface area contributed by atoms with E-state index in [1.165, 1.54) is 6.33 Å². The number of hydrogen-bond acceptors (Lipinski definition) is 6. The van der Waals surface area contributed by atoms with E-state index in [9.17, 15) is 9.90 Å². The number of para-hydroxylation sites is 1. The molecule has 0 fully saturated rings. The van der Waals surface area contributed by atoms with Gasteiger partial charge in [-0.1, -0.05) is 36.4 Å². The number of pyridine rings is 1. The van der Waals surface area contributed by atoms with Crippen molar-refractivity contribution in [3.63, 3.8) is 0 Å². The zero-order chi connectivity index (χ0) is 22.4. The van der Waals surface area contributed by atoms with Crippen LogP contribution in [0.1, 0.15) is 22.5 Å². The van der Waals surface area contributed by atoms with Gasteiger partial charge < -0.3 is 10.8 Å². The van der Waals surface area contributed by atoms with Gasteiger partial charge in [0, 0.05) is 5.69 Å². The first-order valence-corrected chi connectivity index (χ1v) is 10.3. The van der Waals surface area contributed by atoms with Crippen molar-refractivity contribution >= 4 is 27.6 Å². The molecule has 8 heteroatoms. The molecule has 0 amide bonds. The van der Waals surface area contributed by atoms with Gasteiger partial charge in [0.1, 0.15) is 17.8 Å². The average Bonchev–Trinajstić information content (AvgIpc) is 3.14. The van der Waals surface area contributed by atoms with Gasteiger partial charge in [0.2, 0.25) is 0 Å². The molecule has 5 aromatic rings. The number of hydrogen-bond donors (Lipinski definition) is 2. The van der Waals surface area contributed by atoms with E-state index in [2.05, 4.69) is 15.1 Å². The van der Waals surface area contributed by atoms with Gasteiger partial charge in [0.15, 0.2) is 5.65 Å². The number of aryl methyl sites for hydroxylation is 2. The molecule has 3 N–H and O–H groups in total. The smallest absolute Gasteiger partial charge is 0.263 e. The summed E-state index contributed by atoms with van der Waals surface area (Å²) >= 11 is 0. The average molecular weight is 426 g/mol. The highest BCUT2D eigenvalue weighted by Gasteiger charge is 2.19. The molecule has 5 rings (SSSR count). The van der Waals surface area contributed by atoms with Gasteiger partial charge in [-0.25, -0.2) is 14.6 Å². The largest absolute Gasteiger partial charge is 0.390 e. The zero-order valence-electron chi connectivity index (χ0n) is 17.8. The molecular weight excluding hydrogens is 404 g/mol. The fourth-order valence-electron chi connectivity index (χ4n) is 4.26. The van der Waals surface area contributed by atoms with E-state index in [1.807, 2.05) is 62.4 Å². The number of fused-ring (bicyclic) bond motifs is 2. The van der Waals surface area contributed by atoms with Crippen molar-refractivity contribution in [3.05, 3.63) is 87.7 Å². The lowest BCUT2D eigenvalue weighted by Gasteiger charge is -2.17. The molecule has 32 heavy (non-hydrogen) atoms. The number of aliphatic hydroxyl groups excluding tert-OH is 1. The molecule has 0 bridgehead atoms. The number of rotatable bonds is 4. The van der Waals surface area contributed by atoms with Crippen molar-refractivity contribution in [1.29, 1.82) is 0 Å². The molecule has 3 heterocycles. The Hall–Kier alpha value is -4.04. The van der Waals surface area contributed by atoms with Crippen LogP contribution in [0.25, 0.3) is 27.5 Å². The molecule has 0 saturated carbocycles. The van der Waals surface area contributed by atoms with Crippen LogP contribution in [-0.4, -0.2) is 29.4 Å². The van der Waals surface area contributed by atoms with E-state index in [0.717, 1.165) is 27.9 Å². The van der Waals surface area contributed by atoms with E-state index in [0.29, 0.717) is 22.1 Å². The van der Waals surface area contributed by atoms with Crippen LogP contribution in [0.2, 0.25) is 0 Å². The molecule has 8 nitrogen and oxygen atoms in total. The molecule has 0 atom stereocenters. The number of aromatic nitrogens is 5. The maximum absolute atomic E-state index is 13.7. The third kappa shape index (κ3) is 3.04. The maximum Gasteiger partial charge on any atom is 0.263 e. The van der Waals surface area contributed by atoms with Crippen LogP contribution in [0, 0.1) is 13.8 Å². The number of benzene rings is 2. The third-order valence-electron chi connectivity index (χ3n) is 5.78. The minimum Gasteiger partial charge on any atom is -0.390 e. The lowest BCUT2D eigenvalue weighted by molar-refractivity contribution is 0.276. The van der Waals surface area contributed by atoms with Crippen molar-refractivity contribution in [2.45, 2.75) is 27.0 Å². The summed E-state index contributed by atoms with van der Waals surface area (Å²) in [5, 5.41) is 16.4. The normalized spacial score (nSPS) is 11.5. The Balaban J connectivity index is 1.81. The van der Waals surface area contributed by atoms with Crippen LogP contribution in [0.4, 0.5) is 5.82 Å². The van der Waals surface area contributed by atoms with Crippen molar-refractivity contribution in [3.8, 4) is 5.69 Å². The summed E-state index contributed by atoms with van der Waals surface area (Å²) in [6.07, 6.45) is 1.37. The molecule has 3 aromatic heterocycles. The second kappa shape index (κ2) is 7.58. The lowest BCUT2D eigenvalue weighted by atomic mass is 10.1. The Morgan fingerprint density at radius 3 is 2.56 bits per heavy atom. The molecule has 0 aliphatic carbocycles. The molecule has 0 spiro atoms. The van der Waals surface area contributed by atoms with Crippen LogP contribution in [-0.2, 0) is 13.2 Å². The number of anilines is 1. The van der Waals surface area contributed by atoms with Gasteiger partial charge in [0.25, 0.3) is 5.56 Å². The van der Waals surface area contributed by atoms with E-state index in [1.54, 1.807) is 9.25 Å². The second-order valence-electron chi connectivity index (χ2n) is 7.82. The molecule has 0 unspecified atom stereocenters. The maximum atomic E-state index is 13.7. The molecule has 0 aliphatic heterocycles. The second-order valence-corrected chi connectivity index (χ2v) is 7.82. The van der Waals surface area contributed by atoms with Gasteiger partial charge in [-0.3, -0.25) is 9.36 Å². The minimum absolute atomic E-state index is 0.0853. The highest BCUT2D eigenvalue weighted by molar-refractivity contribution is 5.88. The van der Waals surface area contributed by atoms with Crippen molar-refractivity contribution in [2.24, 2.45) is 0 Å². The van der Waals surface area contributed by atoms with E-state index in [-0.39, 0.29) is 24.5 Å². The lowest BCUT2D eigenvalue weighted by Crippen LogP contribution is -2.25. The third-order valence-corrected chi connectivity index (χ3v) is 5.78. The van der Waals surface area contributed by atoms with Crippen LogP contribution in [0.3, 0.4) is 0 Å². The van der Waals surface area contributed by atoms with Crippen LogP contribution in [0.15, 0.2) is 59.7 Å². The summed E-state index contributed by atoms with van der Waals surface area (Å²) in [5.41, 5.74) is 10.3. The van der Waals surface area contributed by atoms with Crippen molar-refractivity contribution < 1.29 is 5.11 Å². The molecule has 2 aromatic carbocycles. The molecular formula is C24H22N6O2. The monoisotopic (exact) mass is 426 g/mol. The number of nitrogen functional groups attached to an aromatic ring is 1. The molecule has 160 valence electrons. The van der Waals surface area contributed by atoms with Crippen LogP contribution in [0.5, 0.6) is 0 Å². The predicted molar refractivity (Wildman–Crippen MR) is 124 cm³/mol. The summed E-state index contributed by atoms with van der Waals surface area (Å²) in [6, 6.07) is 15.6. The topological polar surface area (TPSA) is 112 Å². The molecule has 0 radical (unpaired) electrons. The van der Waals surface area contributed by atoms with Crippen molar-refractivity contribution in [1.82, 2.24) is 24.3 Å². The SMILES string of the molecule is Cc1ccccc1-n1c(Cn2nc(CO)c3c(N)ncnc32)cc2cccc(C)c2c1=O. The van der Waals surface area contributed by atoms with Gasteiger partial charge >= 0.3 is 0 Å². The molecule has 0 aliphatic rings. The Morgan fingerprint density at radius 1 is 1.00 bits per heavy atom. The Labute approximate surface area is 183 Å². The highest BCUT2D eigenvalue weighted by Crippen LogP contribution is 2.25. The highest BCUT2D eigenvalue weighted by atomic mass is 16.3. The summed E-state index contributed by atoms with van der Waals surface area (Å²) in [4.78, 5) is 22.1. The minimum atomic E-state index is -0.289. The van der Waals surface area contributed by atoms with E-state index >= 15 is 0 Å². The fraction of sp³-hybridized carbons (Fsp3) is 0.167. The van der Waals surface area contributed by atoms with Gasteiger partial charge in [-0.2, -0.15) is 5.10 Å². The molecule has 0 saturated heterocycles. The number of nitrogens with zero attached hydrogens (tertiary/aromatic N) is 5. The Morgan fingerprint density at radius 2 is 1.78 bits per heavy atom.